The van der Waals surface area contributed by atoms with Gasteiger partial charge >= 0.3 is 0 Å². The van der Waals surface area contributed by atoms with Crippen LogP contribution in [0.4, 0.5) is 4.39 Å². The van der Waals surface area contributed by atoms with E-state index in [0.717, 1.165) is 0 Å². The summed E-state index contributed by atoms with van der Waals surface area (Å²) in [6.07, 6.45) is 0. The first-order valence-electron chi connectivity index (χ1n) is 5.01. The second-order valence-corrected chi connectivity index (χ2v) is 4.49. The molecule has 0 spiro atoms. The van der Waals surface area contributed by atoms with Crippen molar-refractivity contribution in [1.29, 1.82) is 0 Å². The van der Waals surface area contributed by atoms with Crippen molar-refractivity contribution >= 4 is 11.6 Å². The highest BCUT2D eigenvalue weighted by molar-refractivity contribution is 6.31. The zero-order valence-electron chi connectivity index (χ0n) is 9.08. The third kappa shape index (κ3) is 3.15. The van der Waals surface area contributed by atoms with E-state index in [2.05, 4.69) is 0 Å². The van der Waals surface area contributed by atoms with Gasteiger partial charge in [0.25, 0.3) is 0 Å². The van der Waals surface area contributed by atoms with Gasteiger partial charge in [-0.05, 0) is 19.1 Å². The number of quaternary nitrogens is 1. The molecular weight excluding hydrogens is 233 g/mol. The Hall–Kier alpha value is -0.680. The average Bonchev–Trinajstić information content (AvgIpc) is 2.28. The van der Waals surface area contributed by atoms with Gasteiger partial charge in [0.1, 0.15) is 17.9 Å². The molecule has 0 aliphatic carbocycles. The molecule has 1 aromatic rings. The Labute approximate surface area is 98.9 Å². The minimum Gasteiger partial charge on any atom is -0.390 e. The SMILES string of the molecule is CC(CO)(CO)[NH2+]Cc1c(F)cccc1Cl. The minimum absolute atomic E-state index is 0.185. The third-order valence-corrected chi connectivity index (χ3v) is 2.94. The highest BCUT2D eigenvalue weighted by Gasteiger charge is 2.26. The first-order valence-corrected chi connectivity index (χ1v) is 5.39. The van der Waals surface area contributed by atoms with Crippen LogP contribution in [-0.4, -0.2) is 29.0 Å². The van der Waals surface area contributed by atoms with Gasteiger partial charge < -0.3 is 15.5 Å². The summed E-state index contributed by atoms with van der Waals surface area (Å²) in [5, 5.41) is 20.2. The van der Waals surface area contributed by atoms with E-state index in [1.165, 1.54) is 6.07 Å². The minimum atomic E-state index is -0.717. The van der Waals surface area contributed by atoms with Gasteiger partial charge in [0.15, 0.2) is 0 Å². The Morgan fingerprint density at radius 1 is 1.38 bits per heavy atom. The van der Waals surface area contributed by atoms with Gasteiger partial charge in [0.2, 0.25) is 0 Å². The topological polar surface area (TPSA) is 57.1 Å². The Bertz CT molecular complexity index is 336. The lowest BCUT2D eigenvalue weighted by Gasteiger charge is -2.22. The molecule has 0 saturated carbocycles. The van der Waals surface area contributed by atoms with Crippen LogP contribution >= 0.6 is 11.6 Å². The van der Waals surface area contributed by atoms with Crippen molar-refractivity contribution in [2.24, 2.45) is 0 Å². The fourth-order valence-electron chi connectivity index (χ4n) is 1.25. The van der Waals surface area contributed by atoms with Gasteiger partial charge in [-0.15, -0.1) is 0 Å². The van der Waals surface area contributed by atoms with E-state index in [9.17, 15) is 4.39 Å². The summed E-state index contributed by atoms with van der Waals surface area (Å²) in [6.45, 7) is 1.61. The zero-order chi connectivity index (χ0) is 12.2. The van der Waals surface area contributed by atoms with Crippen LogP contribution < -0.4 is 5.32 Å². The number of hydrogen-bond donors (Lipinski definition) is 3. The number of benzene rings is 1. The quantitative estimate of drug-likeness (QED) is 0.701. The molecule has 4 N–H and O–H groups in total. The van der Waals surface area contributed by atoms with Crippen LogP contribution in [0.5, 0.6) is 0 Å². The molecule has 0 bridgehead atoms. The van der Waals surface area contributed by atoms with Crippen molar-refractivity contribution in [2.45, 2.75) is 19.0 Å². The van der Waals surface area contributed by atoms with E-state index in [0.29, 0.717) is 10.6 Å². The summed E-state index contributed by atoms with van der Waals surface area (Å²) in [7, 11) is 0. The molecular formula is C11H16ClFNO2+. The van der Waals surface area contributed by atoms with Crippen LogP contribution in [-0.2, 0) is 6.54 Å². The number of aliphatic hydroxyl groups is 2. The van der Waals surface area contributed by atoms with Crippen molar-refractivity contribution in [3.8, 4) is 0 Å². The zero-order valence-corrected chi connectivity index (χ0v) is 9.84. The van der Waals surface area contributed by atoms with Crippen LogP contribution in [0.2, 0.25) is 5.02 Å². The van der Waals surface area contributed by atoms with Gasteiger partial charge in [-0.25, -0.2) is 4.39 Å². The van der Waals surface area contributed by atoms with Crippen molar-refractivity contribution in [2.75, 3.05) is 13.2 Å². The lowest BCUT2D eigenvalue weighted by molar-refractivity contribution is -0.741. The second kappa shape index (κ2) is 5.59. The van der Waals surface area contributed by atoms with Crippen LogP contribution in [0.3, 0.4) is 0 Å². The molecule has 0 aliphatic rings. The van der Waals surface area contributed by atoms with E-state index >= 15 is 0 Å². The Morgan fingerprint density at radius 2 is 2.00 bits per heavy atom. The predicted octanol–water partition coefficient (Wildman–Crippen LogP) is 0.286. The molecule has 0 heterocycles. The van der Waals surface area contributed by atoms with E-state index in [1.807, 2.05) is 0 Å². The van der Waals surface area contributed by atoms with Crippen LogP contribution in [0.25, 0.3) is 0 Å². The van der Waals surface area contributed by atoms with E-state index in [-0.39, 0.29) is 25.6 Å². The first kappa shape index (κ1) is 13.4. The summed E-state index contributed by atoms with van der Waals surface area (Å²) in [5.41, 5.74) is -0.330. The lowest BCUT2D eigenvalue weighted by atomic mass is 10.0. The van der Waals surface area contributed by atoms with Crippen LogP contribution in [0.1, 0.15) is 12.5 Å². The highest BCUT2D eigenvalue weighted by atomic mass is 35.5. The number of halogens is 2. The average molecular weight is 249 g/mol. The van der Waals surface area contributed by atoms with Crippen LogP contribution in [0.15, 0.2) is 18.2 Å². The smallest absolute Gasteiger partial charge is 0.140 e. The summed E-state index contributed by atoms with van der Waals surface area (Å²) in [4.78, 5) is 0. The Balaban J connectivity index is 2.75. The predicted molar refractivity (Wildman–Crippen MR) is 59.6 cm³/mol. The first-order chi connectivity index (χ1) is 7.52. The summed E-state index contributed by atoms with van der Waals surface area (Å²) < 4.78 is 13.4. The van der Waals surface area contributed by atoms with Crippen molar-refractivity contribution in [1.82, 2.24) is 0 Å². The van der Waals surface area contributed by atoms with E-state index in [1.54, 1.807) is 24.4 Å². The van der Waals surface area contributed by atoms with Gasteiger partial charge in [-0.1, -0.05) is 17.7 Å². The Morgan fingerprint density at radius 3 is 2.50 bits per heavy atom. The van der Waals surface area contributed by atoms with Gasteiger partial charge in [-0.2, -0.15) is 0 Å². The molecule has 0 aliphatic heterocycles. The maximum Gasteiger partial charge on any atom is 0.140 e. The molecule has 0 saturated heterocycles. The van der Waals surface area contributed by atoms with E-state index < -0.39 is 5.54 Å². The molecule has 0 fully saturated rings. The molecule has 5 heteroatoms. The normalized spacial score (nSPS) is 11.8. The van der Waals surface area contributed by atoms with Crippen molar-refractivity contribution in [3.63, 3.8) is 0 Å². The number of rotatable bonds is 5. The summed E-state index contributed by atoms with van der Waals surface area (Å²) in [5.74, 6) is -0.373. The van der Waals surface area contributed by atoms with Gasteiger partial charge in [0.05, 0.1) is 23.8 Å². The molecule has 90 valence electrons. The number of aliphatic hydroxyl groups excluding tert-OH is 2. The van der Waals surface area contributed by atoms with Crippen LogP contribution in [0, 0.1) is 5.82 Å². The van der Waals surface area contributed by atoms with Gasteiger partial charge in [-0.3, -0.25) is 0 Å². The third-order valence-electron chi connectivity index (χ3n) is 2.58. The molecule has 16 heavy (non-hydrogen) atoms. The summed E-state index contributed by atoms with van der Waals surface area (Å²) in [6, 6.07) is 4.49. The maximum absolute atomic E-state index is 13.4. The second-order valence-electron chi connectivity index (χ2n) is 4.08. The molecule has 1 rings (SSSR count). The molecule has 0 atom stereocenters. The number of nitrogens with two attached hydrogens (primary N) is 1. The fraction of sp³-hybridized carbons (Fsp3) is 0.455. The standard InChI is InChI=1S/C11H15ClFNO2/c1-11(6-15,7-16)14-5-8-9(12)3-2-4-10(8)13/h2-4,14-16H,5-7H2,1H3/p+1. The molecule has 0 aromatic heterocycles. The van der Waals surface area contributed by atoms with Gasteiger partial charge in [0, 0.05) is 0 Å². The van der Waals surface area contributed by atoms with Crippen molar-refractivity contribution in [3.05, 3.63) is 34.6 Å². The molecule has 0 amide bonds. The molecule has 3 nitrogen and oxygen atoms in total. The summed E-state index contributed by atoms with van der Waals surface area (Å²) >= 11 is 5.86. The fourth-order valence-corrected chi connectivity index (χ4v) is 1.50. The highest BCUT2D eigenvalue weighted by Crippen LogP contribution is 2.17. The largest absolute Gasteiger partial charge is 0.390 e. The lowest BCUT2D eigenvalue weighted by Crippen LogP contribution is -2.97. The molecule has 1 aromatic carbocycles. The molecule has 0 unspecified atom stereocenters. The Kier molecular flexibility index (Phi) is 4.68. The monoisotopic (exact) mass is 248 g/mol. The van der Waals surface area contributed by atoms with E-state index in [4.69, 9.17) is 21.8 Å². The maximum atomic E-state index is 13.4. The van der Waals surface area contributed by atoms with Crippen molar-refractivity contribution < 1.29 is 19.9 Å². The number of hydrogen-bond acceptors (Lipinski definition) is 2. The molecule has 0 radical (unpaired) electrons.